The normalized spacial score (nSPS) is 24.3. The summed E-state index contributed by atoms with van der Waals surface area (Å²) < 4.78 is 43.7. The molecule has 1 fully saturated rings. The maximum Gasteiger partial charge on any atom is 0.278 e. The van der Waals surface area contributed by atoms with Gasteiger partial charge in [0, 0.05) is 53.1 Å². The SMILES string of the molecule is O=C1c2c(O)c(=O)ccn2N2CN1C1(/C=C/COc3cc(F)c(F)c4c3C2c2ccccc2SC4)CCOC1. The van der Waals surface area contributed by atoms with Crippen molar-refractivity contribution in [2.75, 3.05) is 31.5 Å². The van der Waals surface area contributed by atoms with E-state index in [0.29, 0.717) is 18.6 Å². The van der Waals surface area contributed by atoms with E-state index in [0.717, 1.165) is 16.5 Å². The Balaban J connectivity index is 1.58. The molecule has 2 aromatic carbocycles. The summed E-state index contributed by atoms with van der Waals surface area (Å²) in [5.41, 5.74) is -0.391. The first kappa shape index (κ1) is 24.2. The minimum absolute atomic E-state index is 0.0172. The van der Waals surface area contributed by atoms with Crippen LogP contribution in [0.3, 0.4) is 0 Å². The molecule has 1 N–H and O–H groups in total. The molecule has 8 nitrogen and oxygen atoms in total. The van der Waals surface area contributed by atoms with Crippen molar-refractivity contribution >= 4 is 17.7 Å². The quantitative estimate of drug-likeness (QED) is 0.427. The number of hydrogen-bond acceptors (Lipinski definition) is 7. The molecule has 5 heterocycles. The van der Waals surface area contributed by atoms with Crippen LogP contribution in [0.4, 0.5) is 8.78 Å². The third kappa shape index (κ3) is 3.52. The van der Waals surface area contributed by atoms with Crippen LogP contribution in [0.15, 0.2) is 64.4 Å². The number of amides is 1. The number of carbonyl (C=O) groups excluding carboxylic acids is 1. The molecule has 2 atom stereocenters. The number of thioether (sulfide) groups is 1. The van der Waals surface area contributed by atoms with Crippen LogP contribution in [0.5, 0.6) is 11.5 Å². The number of benzene rings is 2. The standard InChI is InChI=1S/C28H23F2N3O5S/c29-18-12-20-22-17(23(18)30)13-39-21-5-2-1-4-16(21)24(22)33-15-31(28(7-3-10-38-20)8-11-37-14-28)27(36)25-26(35)19(34)6-9-32(25)33/h1-7,9,12,24,35H,8,10-11,13-15H2/b7-3+. The van der Waals surface area contributed by atoms with Gasteiger partial charge in [0.2, 0.25) is 5.43 Å². The Hall–Kier alpha value is -3.83. The third-order valence-corrected chi connectivity index (χ3v) is 8.99. The van der Waals surface area contributed by atoms with Crippen LogP contribution in [-0.2, 0) is 10.5 Å². The summed E-state index contributed by atoms with van der Waals surface area (Å²) in [5.74, 6) is -2.82. The van der Waals surface area contributed by atoms with Gasteiger partial charge >= 0.3 is 0 Å². The Morgan fingerprint density at radius 2 is 2.00 bits per heavy atom. The summed E-state index contributed by atoms with van der Waals surface area (Å²) in [5, 5.41) is 12.7. The highest BCUT2D eigenvalue weighted by atomic mass is 32.2. The van der Waals surface area contributed by atoms with E-state index in [-0.39, 0.29) is 42.6 Å². The van der Waals surface area contributed by atoms with Gasteiger partial charge in [-0.25, -0.2) is 8.78 Å². The molecule has 2 unspecified atom stereocenters. The van der Waals surface area contributed by atoms with Crippen LogP contribution in [0.2, 0.25) is 0 Å². The van der Waals surface area contributed by atoms with Crippen LogP contribution < -0.4 is 15.2 Å². The highest BCUT2D eigenvalue weighted by Gasteiger charge is 2.48. The summed E-state index contributed by atoms with van der Waals surface area (Å²) in [7, 11) is 0. The topological polar surface area (TPSA) is 84.2 Å². The van der Waals surface area contributed by atoms with E-state index in [1.807, 2.05) is 30.3 Å². The Morgan fingerprint density at radius 3 is 2.82 bits per heavy atom. The molecule has 1 amide bonds. The predicted molar refractivity (Wildman–Crippen MR) is 139 cm³/mol. The molecule has 1 aromatic heterocycles. The fourth-order valence-electron chi connectivity index (χ4n) is 5.97. The van der Waals surface area contributed by atoms with Gasteiger partial charge in [-0.1, -0.05) is 24.3 Å². The van der Waals surface area contributed by atoms with Gasteiger partial charge in [0.25, 0.3) is 5.91 Å². The molecule has 200 valence electrons. The smallest absolute Gasteiger partial charge is 0.278 e. The fraction of sp³-hybridized carbons (Fsp3) is 0.286. The molecule has 4 aliphatic rings. The average molecular weight is 552 g/mol. The van der Waals surface area contributed by atoms with E-state index < -0.39 is 40.3 Å². The molecule has 0 aliphatic carbocycles. The van der Waals surface area contributed by atoms with Crippen molar-refractivity contribution < 1.29 is 28.2 Å². The number of fused-ring (bicyclic) bond motifs is 8. The van der Waals surface area contributed by atoms with Gasteiger partial charge < -0.3 is 19.5 Å². The van der Waals surface area contributed by atoms with E-state index in [1.54, 1.807) is 16.0 Å². The lowest BCUT2D eigenvalue weighted by molar-refractivity contribution is 0.0428. The molecule has 7 rings (SSSR count). The van der Waals surface area contributed by atoms with Crippen molar-refractivity contribution in [3.63, 3.8) is 0 Å². The summed E-state index contributed by atoms with van der Waals surface area (Å²) in [6.45, 7) is 0.688. The lowest BCUT2D eigenvalue weighted by atomic mass is 9.92. The van der Waals surface area contributed by atoms with Crippen molar-refractivity contribution in [3.8, 4) is 11.5 Å². The first-order valence-electron chi connectivity index (χ1n) is 12.5. The number of halogens is 2. The molecule has 1 spiro atoms. The second kappa shape index (κ2) is 8.85. The van der Waals surface area contributed by atoms with Crippen LogP contribution in [0, 0.1) is 11.6 Å². The van der Waals surface area contributed by atoms with Crippen molar-refractivity contribution in [3.05, 3.63) is 99.0 Å². The van der Waals surface area contributed by atoms with Crippen molar-refractivity contribution in [1.82, 2.24) is 9.58 Å². The zero-order chi connectivity index (χ0) is 26.9. The molecule has 0 saturated carbocycles. The molecule has 2 bridgehead atoms. The van der Waals surface area contributed by atoms with Gasteiger partial charge in [-0.3, -0.25) is 19.3 Å². The summed E-state index contributed by atoms with van der Waals surface area (Å²) in [6.07, 6.45) is 5.49. The zero-order valence-corrected chi connectivity index (χ0v) is 21.4. The summed E-state index contributed by atoms with van der Waals surface area (Å²) in [6, 6.07) is 9.04. The average Bonchev–Trinajstić information content (AvgIpc) is 3.33. The predicted octanol–water partition coefficient (Wildman–Crippen LogP) is 3.69. The molecule has 4 aliphatic heterocycles. The number of pyridine rings is 1. The third-order valence-electron chi connectivity index (χ3n) is 7.88. The number of aromatic hydroxyl groups is 1. The van der Waals surface area contributed by atoms with Gasteiger partial charge in [-0.2, -0.15) is 0 Å². The monoisotopic (exact) mass is 551 g/mol. The highest BCUT2D eigenvalue weighted by Crippen LogP contribution is 2.48. The Bertz CT molecular complexity index is 1620. The van der Waals surface area contributed by atoms with Crippen LogP contribution in [0.25, 0.3) is 0 Å². The van der Waals surface area contributed by atoms with Crippen molar-refractivity contribution in [1.29, 1.82) is 0 Å². The highest BCUT2D eigenvalue weighted by molar-refractivity contribution is 7.98. The molecule has 11 heteroatoms. The number of hydrogen-bond donors (Lipinski definition) is 1. The zero-order valence-electron chi connectivity index (χ0n) is 20.6. The number of nitrogens with zero attached hydrogens (tertiary/aromatic N) is 3. The number of aromatic nitrogens is 1. The maximum atomic E-state index is 15.5. The van der Waals surface area contributed by atoms with E-state index in [1.165, 1.54) is 28.7 Å². The van der Waals surface area contributed by atoms with Gasteiger partial charge in [-0.15, -0.1) is 11.8 Å². The summed E-state index contributed by atoms with van der Waals surface area (Å²) in [4.78, 5) is 29.0. The van der Waals surface area contributed by atoms with E-state index >= 15 is 4.39 Å². The number of ether oxygens (including phenoxy) is 2. The molecule has 1 saturated heterocycles. The summed E-state index contributed by atoms with van der Waals surface area (Å²) >= 11 is 1.38. The number of carbonyl (C=O) groups is 1. The van der Waals surface area contributed by atoms with Gasteiger partial charge in [0.15, 0.2) is 23.1 Å². The molecule has 39 heavy (non-hydrogen) atoms. The van der Waals surface area contributed by atoms with Crippen LogP contribution >= 0.6 is 11.8 Å². The first-order chi connectivity index (χ1) is 18.9. The van der Waals surface area contributed by atoms with Gasteiger partial charge in [0.05, 0.1) is 12.1 Å². The minimum atomic E-state index is -1.01. The van der Waals surface area contributed by atoms with E-state index in [4.69, 9.17) is 9.47 Å². The molecule has 3 aromatic rings. The minimum Gasteiger partial charge on any atom is -0.502 e. The number of rotatable bonds is 0. The Kier molecular flexibility index (Phi) is 5.50. The molecular weight excluding hydrogens is 528 g/mol. The second-order valence-electron chi connectivity index (χ2n) is 9.95. The van der Waals surface area contributed by atoms with Crippen molar-refractivity contribution in [2.45, 2.75) is 28.6 Å². The fourth-order valence-corrected chi connectivity index (χ4v) is 7.08. The first-order valence-corrected chi connectivity index (χ1v) is 13.5. The second-order valence-corrected chi connectivity index (χ2v) is 11.0. The Morgan fingerprint density at radius 1 is 1.15 bits per heavy atom. The van der Waals surface area contributed by atoms with E-state index in [2.05, 4.69) is 0 Å². The molecular formula is C28H23F2N3O5S. The largest absolute Gasteiger partial charge is 0.502 e. The van der Waals surface area contributed by atoms with Gasteiger partial charge in [-0.05, 0) is 17.7 Å². The van der Waals surface area contributed by atoms with Crippen molar-refractivity contribution in [2.24, 2.45) is 0 Å². The molecule has 0 radical (unpaired) electrons. The van der Waals surface area contributed by atoms with Gasteiger partial charge in [0.1, 0.15) is 25.1 Å². The lowest BCUT2D eigenvalue weighted by Crippen LogP contribution is -2.62. The van der Waals surface area contributed by atoms with Crippen LogP contribution in [0.1, 0.15) is 39.6 Å². The van der Waals surface area contributed by atoms with E-state index in [9.17, 15) is 19.1 Å². The maximum absolute atomic E-state index is 15.5. The van der Waals surface area contributed by atoms with Crippen LogP contribution in [-0.4, -0.2) is 52.6 Å². The Labute approximate surface area is 226 Å². The lowest BCUT2D eigenvalue weighted by Gasteiger charge is -2.49.